The van der Waals surface area contributed by atoms with Crippen LogP contribution in [-0.4, -0.2) is 45.2 Å². The Morgan fingerprint density at radius 2 is 2.21 bits per heavy atom. The molecule has 0 aromatic carbocycles. The normalized spacial score (nSPS) is 37.6. The summed E-state index contributed by atoms with van der Waals surface area (Å²) in [7, 11) is 0. The molecule has 0 amide bonds. The van der Waals surface area contributed by atoms with Gasteiger partial charge in [0.2, 0.25) is 0 Å². The highest BCUT2D eigenvalue weighted by Crippen LogP contribution is 2.34. The second kappa shape index (κ2) is 3.92. The van der Waals surface area contributed by atoms with E-state index in [2.05, 4.69) is 4.98 Å². The summed E-state index contributed by atoms with van der Waals surface area (Å²) in [4.78, 5) is 3.99. The van der Waals surface area contributed by atoms with E-state index in [9.17, 15) is 10.2 Å². The molecule has 0 saturated carbocycles. The zero-order chi connectivity index (χ0) is 10.1. The van der Waals surface area contributed by atoms with Crippen LogP contribution in [0.5, 0.6) is 0 Å². The van der Waals surface area contributed by atoms with Crippen molar-refractivity contribution < 1.29 is 20.1 Å². The molecule has 0 radical (unpaired) electrons. The molecule has 1 aromatic heterocycles. The van der Waals surface area contributed by atoms with Crippen LogP contribution in [-0.2, 0) is 4.74 Å². The van der Waals surface area contributed by atoms with Gasteiger partial charge in [0.25, 0.3) is 0 Å². The first-order valence-electron chi connectivity index (χ1n) is 4.26. The van der Waals surface area contributed by atoms with Gasteiger partial charge in [-0.3, -0.25) is 0 Å². The molecule has 6 heteroatoms. The van der Waals surface area contributed by atoms with Crippen molar-refractivity contribution in [1.82, 2.24) is 4.98 Å². The molecule has 1 saturated heterocycles. The Bertz CT molecular complexity index is 292. The van der Waals surface area contributed by atoms with Gasteiger partial charge in [-0.25, -0.2) is 4.98 Å². The molecule has 5 nitrogen and oxygen atoms in total. The van der Waals surface area contributed by atoms with Crippen LogP contribution >= 0.6 is 11.3 Å². The maximum Gasteiger partial charge on any atom is 0.138 e. The Balaban J connectivity index is 2.16. The Morgan fingerprint density at radius 1 is 1.43 bits per heavy atom. The first-order valence-corrected chi connectivity index (χ1v) is 5.14. The van der Waals surface area contributed by atoms with Crippen LogP contribution in [0.3, 0.4) is 0 Å². The lowest BCUT2D eigenvalue weighted by Crippen LogP contribution is -2.32. The molecule has 0 bridgehead atoms. The van der Waals surface area contributed by atoms with Gasteiger partial charge in [0.05, 0.1) is 6.61 Å². The van der Waals surface area contributed by atoms with Crippen LogP contribution in [0.1, 0.15) is 11.1 Å². The quantitative estimate of drug-likeness (QED) is 0.610. The predicted molar refractivity (Wildman–Crippen MR) is 48.8 cm³/mol. The molecule has 0 aliphatic carbocycles. The molecular formula is C8H11NO4S. The molecule has 4 atom stereocenters. The molecular weight excluding hydrogens is 206 g/mol. The number of thiazole rings is 1. The fourth-order valence-corrected chi connectivity index (χ4v) is 2.19. The van der Waals surface area contributed by atoms with Gasteiger partial charge in [-0.15, -0.1) is 11.3 Å². The predicted octanol–water partition coefficient (Wildman–Crippen LogP) is -0.703. The van der Waals surface area contributed by atoms with Crippen molar-refractivity contribution in [2.45, 2.75) is 24.4 Å². The zero-order valence-electron chi connectivity index (χ0n) is 7.28. The van der Waals surface area contributed by atoms with Crippen LogP contribution in [0.25, 0.3) is 0 Å². The van der Waals surface area contributed by atoms with Crippen molar-refractivity contribution in [2.24, 2.45) is 0 Å². The molecule has 14 heavy (non-hydrogen) atoms. The molecule has 2 rings (SSSR count). The fourth-order valence-electron chi connectivity index (χ4n) is 1.48. The summed E-state index contributed by atoms with van der Waals surface area (Å²) in [6.07, 6.45) is -1.80. The number of ether oxygens (including phenoxy) is 1. The van der Waals surface area contributed by atoms with Crippen LogP contribution in [0.4, 0.5) is 0 Å². The standard InChI is InChI=1S/C8H11NO4S/c10-3-4-5(11)6(12)7(13-4)8-9-1-2-14-8/h1-2,4-7,10-12H,3H2/t4-,5-,6-,7-/m1/s1. The Labute approximate surface area is 84.6 Å². The summed E-state index contributed by atoms with van der Waals surface area (Å²) >= 11 is 1.35. The van der Waals surface area contributed by atoms with Crippen molar-refractivity contribution in [3.8, 4) is 0 Å². The first-order chi connectivity index (χ1) is 6.74. The molecule has 1 aliphatic rings. The van der Waals surface area contributed by atoms with E-state index < -0.39 is 24.4 Å². The van der Waals surface area contributed by atoms with Crippen molar-refractivity contribution in [1.29, 1.82) is 0 Å². The molecule has 1 aliphatic heterocycles. The van der Waals surface area contributed by atoms with Crippen LogP contribution in [0, 0.1) is 0 Å². The van der Waals surface area contributed by atoms with Crippen molar-refractivity contribution in [3.05, 3.63) is 16.6 Å². The molecule has 1 aromatic rings. The maximum atomic E-state index is 9.61. The van der Waals surface area contributed by atoms with Gasteiger partial charge in [0, 0.05) is 11.6 Å². The Morgan fingerprint density at radius 3 is 2.71 bits per heavy atom. The van der Waals surface area contributed by atoms with Gasteiger partial charge in [-0.1, -0.05) is 0 Å². The van der Waals surface area contributed by atoms with Crippen LogP contribution in [0.2, 0.25) is 0 Å². The number of aliphatic hydroxyl groups is 3. The molecule has 78 valence electrons. The summed E-state index contributed by atoms with van der Waals surface area (Å²) in [6.45, 7) is -0.305. The van der Waals surface area contributed by atoms with E-state index >= 15 is 0 Å². The van der Waals surface area contributed by atoms with Crippen molar-refractivity contribution in [2.75, 3.05) is 6.61 Å². The molecule has 1 fully saturated rings. The topological polar surface area (TPSA) is 82.8 Å². The van der Waals surface area contributed by atoms with E-state index in [0.717, 1.165) is 0 Å². The monoisotopic (exact) mass is 217 g/mol. The first kappa shape index (κ1) is 10.0. The Hall–Kier alpha value is -0.530. The lowest BCUT2D eigenvalue weighted by molar-refractivity contribution is -0.0228. The number of aromatic nitrogens is 1. The zero-order valence-corrected chi connectivity index (χ0v) is 8.09. The smallest absolute Gasteiger partial charge is 0.138 e. The third kappa shape index (κ3) is 1.55. The van der Waals surface area contributed by atoms with Gasteiger partial charge < -0.3 is 20.1 Å². The van der Waals surface area contributed by atoms with E-state index in [0.29, 0.717) is 5.01 Å². The minimum atomic E-state index is -1.05. The van der Waals surface area contributed by atoms with E-state index in [1.54, 1.807) is 11.6 Å². The van der Waals surface area contributed by atoms with E-state index in [1.165, 1.54) is 11.3 Å². The number of hydrogen-bond donors (Lipinski definition) is 3. The maximum absolute atomic E-state index is 9.61. The highest BCUT2D eigenvalue weighted by Gasteiger charge is 2.44. The number of nitrogens with zero attached hydrogens (tertiary/aromatic N) is 1. The largest absolute Gasteiger partial charge is 0.394 e. The summed E-state index contributed by atoms with van der Waals surface area (Å²) in [5.41, 5.74) is 0. The van der Waals surface area contributed by atoms with Crippen molar-refractivity contribution >= 4 is 11.3 Å². The van der Waals surface area contributed by atoms with Crippen LogP contribution < -0.4 is 0 Å². The molecule has 0 spiro atoms. The second-order valence-corrected chi connectivity index (χ2v) is 4.06. The summed E-state index contributed by atoms with van der Waals surface area (Å²) in [5.74, 6) is 0. The number of hydrogen-bond acceptors (Lipinski definition) is 6. The van der Waals surface area contributed by atoms with Gasteiger partial charge in [-0.2, -0.15) is 0 Å². The molecule has 2 heterocycles. The highest BCUT2D eigenvalue weighted by atomic mass is 32.1. The second-order valence-electron chi connectivity index (χ2n) is 3.13. The van der Waals surface area contributed by atoms with E-state index in [1.807, 2.05) is 0 Å². The van der Waals surface area contributed by atoms with E-state index in [4.69, 9.17) is 9.84 Å². The number of rotatable bonds is 2. The van der Waals surface area contributed by atoms with Gasteiger partial charge in [0.15, 0.2) is 0 Å². The van der Waals surface area contributed by atoms with Gasteiger partial charge in [-0.05, 0) is 0 Å². The summed E-state index contributed by atoms with van der Waals surface area (Å²) < 4.78 is 5.28. The van der Waals surface area contributed by atoms with Gasteiger partial charge >= 0.3 is 0 Å². The minimum Gasteiger partial charge on any atom is -0.394 e. The molecule has 0 unspecified atom stereocenters. The van der Waals surface area contributed by atoms with Crippen molar-refractivity contribution in [3.63, 3.8) is 0 Å². The average Bonchev–Trinajstić information content (AvgIpc) is 2.78. The third-order valence-electron chi connectivity index (χ3n) is 2.24. The lowest BCUT2D eigenvalue weighted by Gasteiger charge is -2.11. The lowest BCUT2D eigenvalue weighted by atomic mass is 10.1. The highest BCUT2D eigenvalue weighted by molar-refractivity contribution is 7.09. The molecule has 3 N–H and O–H groups in total. The minimum absolute atomic E-state index is 0.305. The Kier molecular flexibility index (Phi) is 2.80. The summed E-state index contributed by atoms with van der Waals surface area (Å²) in [6, 6.07) is 0. The summed E-state index contributed by atoms with van der Waals surface area (Å²) in [5, 5.41) is 30.3. The van der Waals surface area contributed by atoms with E-state index in [-0.39, 0.29) is 6.61 Å². The number of aliphatic hydroxyl groups excluding tert-OH is 3. The average molecular weight is 217 g/mol. The van der Waals surface area contributed by atoms with Gasteiger partial charge in [0.1, 0.15) is 29.4 Å². The fraction of sp³-hybridized carbons (Fsp3) is 0.625. The van der Waals surface area contributed by atoms with Crippen LogP contribution in [0.15, 0.2) is 11.6 Å². The third-order valence-corrected chi connectivity index (χ3v) is 3.07. The SMILES string of the molecule is OC[C@H]1O[C@@H](c2nccs2)[C@H](O)[C@@H]1O.